The lowest BCUT2D eigenvalue weighted by molar-refractivity contribution is -0.121. The van der Waals surface area contributed by atoms with E-state index in [-0.39, 0.29) is 18.4 Å². The molecule has 5 aromatic rings. The second-order valence-electron chi connectivity index (χ2n) is 9.46. The van der Waals surface area contributed by atoms with Crippen LogP contribution in [0, 0.1) is 27.7 Å². The number of hydrogen-bond acceptors (Lipinski definition) is 6. The Morgan fingerprint density at radius 3 is 2.51 bits per heavy atom. The zero-order chi connectivity index (χ0) is 26.1. The molecule has 2 atom stereocenters. The van der Waals surface area contributed by atoms with E-state index in [1.807, 2.05) is 68.6 Å². The van der Waals surface area contributed by atoms with E-state index in [0.29, 0.717) is 28.4 Å². The van der Waals surface area contributed by atoms with Crippen molar-refractivity contribution in [3.63, 3.8) is 0 Å². The SMILES string of the molecule is Cc1cnc([C@@H](NC(=O)Cc2ccc3oc(C(O)c4c(C)noc4C)cc3c2)c2ccccc2)c(C)c1. The second-order valence-corrected chi connectivity index (χ2v) is 9.46. The number of pyridine rings is 1. The van der Waals surface area contributed by atoms with E-state index in [4.69, 9.17) is 8.94 Å². The van der Waals surface area contributed by atoms with Gasteiger partial charge in [-0.2, -0.15) is 0 Å². The van der Waals surface area contributed by atoms with Crippen molar-refractivity contribution in [2.24, 2.45) is 0 Å². The number of aryl methyl sites for hydroxylation is 4. The maximum atomic E-state index is 13.2. The fourth-order valence-corrected chi connectivity index (χ4v) is 4.76. The molecule has 3 aromatic heterocycles. The average Bonchev–Trinajstić information content (AvgIpc) is 3.45. The third-order valence-corrected chi connectivity index (χ3v) is 6.56. The van der Waals surface area contributed by atoms with Gasteiger partial charge in [0.2, 0.25) is 5.91 Å². The molecule has 7 heteroatoms. The number of fused-ring (bicyclic) bond motifs is 1. The van der Waals surface area contributed by atoms with E-state index in [0.717, 1.165) is 33.3 Å². The summed E-state index contributed by atoms with van der Waals surface area (Å²) in [5.74, 6) is 0.833. The molecule has 3 heterocycles. The van der Waals surface area contributed by atoms with Gasteiger partial charge in [0.25, 0.3) is 0 Å². The summed E-state index contributed by atoms with van der Waals surface area (Å²) >= 11 is 0. The van der Waals surface area contributed by atoms with Gasteiger partial charge >= 0.3 is 0 Å². The first-order chi connectivity index (χ1) is 17.8. The van der Waals surface area contributed by atoms with E-state index in [2.05, 4.69) is 21.5 Å². The number of aromatic nitrogens is 2. The van der Waals surface area contributed by atoms with Crippen molar-refractivity contribution >= 4 is 16.9 Å². The number of hydrogen-bond donors (Lipinski definition) is 2. The molecule has 0 saturated carbocycles. The molecule has 188 valence electrons. The first-order valence-electron chi connectivity index (χ1n) is 12.2. The first kappa shape index (κ1) is 24.5. The van der Waals surface area contributed by atoms with Gasteiger partial charge in [0.15, 0.2) is 0 Å². The highest BCUT2D eigenvalue weighted by Gasteiger charge is 2.24. The van der Waals surface area contributed by atoms with Crippen molar-refractivity contribution in [2.75, 3.05) is 0 Å². The van der Waals surface area contributed by atoms with Crippen LogP contribution in [0.4, 0.5) is 0 Å². The van der Waals surface area contributed by atoms with Gasteiger partial charge < -0.3 is 19.4 Å². The monoisotopic (exact) mass is 495 g/mol. The van der Waals surface area contributed by atoms with Gasteiger partial charge in [-0.3, -0.25) is 9.78 Å². The quantitative estimate of drug-likeness (QED) is 0.306. The lowest BCUT2D eigenvalue weighted by atomic mass is 9.98. The van der Waals surface area contributed by atoms with Crippen LogP contribution in [-0.4, -0.2) is 21.2 Å². The lowest BCUT2D eigenvalue weighted by Crippen LogP contribution is -2.31. The topological polar surface area (TPSA) is 101 Å². The number of furan rings is 1. The zero-order valence-electron chi connectivity index (χ0n) is 21.3. The van der Waals surface area contributed by atoms with E-state index in [1.54, 1.807) is 19.9 Å². The van der Waals surface area contributed by atoms with Crippen molar-refractivity contribution in [3.05, 3.63) is 118 Å². The normalized spacial score (nSPS) is 13.0. The second kappa shape index (κ2) is 10.0. The lowest BCUT2D eigenvalue weighted by Gasteiger charge is -2.21. The Balaban J connectivity index is 1.37. The molecule has 2 aromatic carbocycles. The van der Waals surface area contributed by atoms with E-state index < -0.39 is 6.10 Å². The van der Waals surface area contributed by atoms with Gasteiger partial charge in [0.1, 0.15) is 23.2 Å². The molecule has 2 N–H and O–H groups in total. The summed E-state index contributed by atoms with van der Waals surface area (Å²) in [5.41, 5.74) is 6.59. The molecule has 0 spiro atoms. The van der Waals surface area contributed by atoms with Gasteiger partial charge in [0.05, 0.1) is 29.4 Å². The van der Waals surface area contributed by atoms with Crippen LogP contribution >= 0.6 is 0 Å². The summed E-state index contributed by atoms with van der Waals surface area (Å²) in [6.45, 7) is 7.56. The Morgan fingerprint density at radius 2 is 1.81 bits per heavy atom. The highest BCUT2D eigenvalue weighted by molar-refractivity contribution is 5.83. The van der Waals surface area contributed by atoms with Crippen LogP contribution in [0.3, 0.4) is 0 Å². The van der Waals surface area contributed by atoms with Crippen LogP contribution in [0.1, 0.15) is 62.9 Å². The predicted molar refractivity (Wildman–Crippen MR) is 140 cm³/mol. The Bertz CT molecular complexity index is 1550. The van der Waals surface area contributed by atoms with Gasteiger partial charge in [0, 0.05) is 11.6 Å². The number of carbonyl (C=O) groups is 1. The Morgan fingerprint density at radius 1 is 1.03 bits per heavy atom. The molecule has 37 heavy (non-hydrogen) atoms. The summed E-state index contributed by atoms with van der Waals surface area (Å²) in [7, 11) is 0. The minimum atomic E-state index is -0.984. The number of benzene rings is 2. The highest BCUT2D eigenvalue weighted by atomic mass is 16.5. The van der Waals surface area contributed by atoms with Crippen molar-refractivity contribution in [1.29, 1.82) is 0 Å². The molecule has 0 fully saturated rings. The number of aliphatic hydroxyl groups is 1. The summed E-state index contributed by atoms with van der Waals surface area (Å²) in [4.78, 5) is 17.9. The number of amides is 1. The van der Waals surface area contributed by atoms with Crippen molar-refractivity contribution < 1.29 is 18.8 Å². The first-order valence-corrected chi connectivity index (χ1v) is 12.2. The largest absolute Gasteiger partial charge is 0.458 e. The van der Waals surface area contributed by atoms with Crippen molar-refractivity contribution in [1.82, 2.24) is 15.5 Å². The zero-order valence-corrected chi connectivity index (χ0v) is 21.3. The molecule has 0 saturated heterocycles. The standard InChI is InChI=1S/C30H29N3O4/c1-17-12-18(2)28(31-16-17)29(22-8-6-5-7-9-22)32-26(34)14-21-10-11-24-23(13-21)15-25(36-24)30(35)27-19(3)33-37-20(27)4/h5-13,15-16,29-30,35H,14H2,1-4H3,(H,32,34)/t29-,30?/m0/s1. The third kappa shape index (κ3) is 5.04. The Labute approximate surface area is 215 Å². The maximum Gasteiger partial charge on any atom is 0.225 e. The summed E-state index contributed by atoms with van der Waals surface area (Å²) in [6.07, 6.45) is 1.03. The van der Waals surface area contributed by atoms with E-state index in [9.17, 15) is 9.90 Å². The van der Waals surface area contributed by atoms with Crippen LogP contribution in [0.25, 0.3) is 11.0 Å². The number of nitrogens with one attached hydrogen (secondary N) is 1. The number of aliphatic hydroxyl groups excluding tert-OH is 1. The number of nitrogens with zero attached hydrogens (tertiary/aromatic N) is 2. The van der Waals surface area contributed by atoms with Crippen LogP contribution in [-0.2, 0) is 11.2 Å². The molecule has 1 amide bonds. The predicted octanol–water partition coefficient (Wildman–Crippen LogP) is 5.58. The Kier molecular flexibility index (Phi) is 6.63. The van der Waals surface area contributed by atoms with Crippen molar-refractivity contribution in [2.45, 2.75) is 46.3 Å². The average molecular weight is 496 g/mol. The van der Waals surface area contributed by atoms with Gasteiger partial charge in [-0.05, 0) is 68.1 Å². The fraction of sp³-hybridized carbons (Fsp3) is 0.233. The molecule has 1 unspecified atom stereocenters. The summed E-state index contributed by atoms with van der Waals surface area (Å²) in [6, 6.07) is 19.0. The molecule has 7 nitrogen and oxygen atoms in total. The molecular weight excluding hydrogens is 466 g/mol. The van der Waals surface area contributed by atoms with E-state index in [1.165, 1.54) is 0 Å². The molecule has 5 rings (SSSR count). The van der Waals surface area contributed by atoms with Crippen LogP contribution < -0.4 is 5.32 Å². The molecule has 0 aliphatic carbocycles. The molecular formula is C30H29N3O4. The smallest absolute Gasteiger partial charge is 0.225 e. The van der Waals surface area contributed by atoms with Crippen LogP contribution in [0.5, 0.6) is 0 Å². The Hall–Kier alpha value is -4.23. The summed E-state index contributed by atoms with van der Waals surface area (Å²) < 4.78 is 11.1. The van der Waals surface area contributed by atoms with Gasteiger partial charge in [-0.25, -0.2) is 0 Å². The molecule has 0 bridgehead atoms. The fourth-order valence-electron chi connectivity index (χ4n) is 4.76. The molecule has 0 aliphatic heterocycles. The van der Waals surface area contributed by atoms with Gasteiger partial charge in [-0.15, -0.1) is 0 Å². The maximum absolute atomic E-state index is 13.2. The number of rotatable bonds is 7. The molecule has 0 aliphatic rings. The third-order valence-electron chi connectivity index (χ3n) is 6.56. The van der Waals surface area contributed by atoms with Crippen LogP contribution in [0.15, 0.2) is 75.8 Å². The minimum absolute atomic E-state index is 0.116. The van der Waals surface area contributed by atoms with Crippen molar-refractivity contribution in [3.8, 4) is 0 Å². The highest BCUT2D eigenvalue weighted by Crippen LogP contribution is 2.32. The minimum Gasteiger partial charge on any atom is -0.458 e. The van der Waals surface area contributed by atoms with Crippen LogP contribution in [0.2, 0.25) is 0 Å². The van der Waals surface area contributed by atoms with E-state index >= 15 is 0 Å². The number of carbonyl (C=O) groups excluding carboxylic acids is 1. The molecule has 0 radical (unpaired) electrons. The summed E-state index contributed by atoms with van der Waals surface area (Å²) in [5, 5.41) is 18.8. The van der Waals surface area contributed by atoms with Gasteiger partial charge in [-0.1, -0.05) is 47.6 Å².